The van der Waals surface area contributed by atoms with Crippen molar-refractivity contribution in [1.29, 1.82) is 0 Å². The van der Waals surface area contributed by atoms with E-state index in [1.807, 2.05) is 0 Å². The van der Waals surface area contributed by atoms with Gasteiger partial charge in [-0.25, -0.2) is 0 Å². The van der Waals surface area contributed by atoms with Crippen LogP contribution in [-0.4, -0.2) is 30.2 Å². The van der Waals surface area contributed by atoms with E-state index in [0.717, 1.165) is 12.8 Å². The summed E-state index contributed by atoms with van der Waals surface area (Å²) in [6.07, 6.45) is 1.85. The molecule has 1 amide bonds. The van der Waals surface area contributed by atoms with Crippen molar-refractivity contribution in [1.82, 2.24) is 5.32 Å². The maximum Gasteiger partial charge on any atom is 0.251 e. The molecule has 0 saturated heterocycles. The topological polar surface area (TPSA) is 87.4 Å². The van der Waals surface area contributed by atoms with E-state index >= 15 is 0 Å². The molecule has 1 aliphatic rings. The summed E-state index contributed by atoms with van der Waals surface area (Å²) < 4.78 is 0. The van der Waals surface area contributed by atoms with E-state index in [2.05, 4.69) is 10.6 Å². The molecule has 0 aromatic heterocycles. The van der Waals surface area contributed by atoms with Gasteiger partial charge >= 0.3 is 0 Å². The van der Waals surface area contributed by atoms with Crippen molar-refractivity contribution in [3.05, 3.63) is 23.8 Å². The minimum Gasteiger partial charge on any atom is -0.397 e. The number of nitrogens with one attached hydrogen (secondary N) is 2. The first kappa shape index (κ1) is 11.7. The van der Waals surface area contributed by atoms with Gasteiger partial charge in [0.2, 0.25) is 0 Å². The largest absolute Gasteiger partial charge is 0.397 e. The summed E-state index contributed by atoms with van der Waals surface area (Å²) in [7, 11) is 1.59. The Hall–Kier alpha value is -1.75. The summed E-state index contributed by atoms with van der Waals surface area (Å²) in [6.45, 7) is 0.0800. The van der Waals surface area contributed by atoms with Crippen LogP contribution in [0.3, 0.4) is 0 Å². The number of nitrogens with two attached hydrogens (primary N) is 1. The molecule has 1 fully saturated rings. The number of amides is 1. The molecular weight excluding hydrogens is 218 g/mol. The van der Waals surface area contributed by atoms with E-state index in [1.165, 1.54) is 0 Å². The van der Waals surface area contributed by atoms with Crippen LogP contribution in [0.1, 0.15) is 23.2 Å². The third-order valence-electron chi connectivity index (χ3n) is 3.10. The van der Waals surface area contributed by atoms with Gasteiger partial charge in [0, 0.05) is 12.6 Å². The third-order valence-corrected chi connectivity index (χ3v) is 3.10. The zero-order chi connectivity index (χ0) is 12.5. The standard InChI is InChI=1S/C12H17N3O2/c1-14-11(17)8-2-3-9(13)10(6-8)15-12(7-16)4-5-12/h2-3,6,15-16H,4-5,7,13H2,1H3,(H,14,17). The summed E-state index contributed by atoms with van der Waals surface area (Å²) in [5.74, 6) is -0.151. The van der Waals surface area contributed by atoms with Gasteiger partial charge in [-0.15, -0.1) is 0 Å². The van der Waals surface area contributed by atoms with Crippen LogP contribution < -0.4 is 16.4 Å². The molecule has 0 unspecified atom stereocenters. The van der Waals surface area contributed by atoms with Crippen LogP contribution in [0.5, 0.6) is 0 Å². The summed E-state index contributed by atoms with van der Waals surface area (Å²) in [5.41, 5.74) is 7.44. The number of hydrogen-bond donors (Lipinski definition) is 4. The van der Waals surface area contributed by atoms with Gasteiger partial charge in [0.15, 0.2) is 0 Å². The average molecular weight is 235 g/mol. The lowest BCUT2D eigenvalue weighted by molar-refractivity contribution is 0.0963. The van der Waals surface area contributed by atoms with Crippen molar-refractivity contribution < 1.29 is 9.90 Å². The number of carbonyl (C=O) groups excluding carboxylic acids is 1. The average Bonchev–Trinajstić information content (AvgIpc) is 3.11. The van der Waals surface area contributed by atoms with Gasteiger partial charge in [-0.05, 0) is 31.0 Å². The highest BCUT2D eigenvalue weighted by atomic mass is 16.3. The van der Waals surface area contributed by atoms with Crippen LogP contribution in [0.2, 0.25) is 0 Å². The fourth-order valence-electron chi connectivity index (χ4n) is 1.71. The van der Waals surface area contributed by atoms with Gasteiger partial charge in [-0.3, -0.25) is 4.79 Å². The predicted octanol–water partition coefficient (Wildman–Crippen LogP) is 0.565. The SMILES string of the molecule is CNC(=O)c1ccc(N)c(NC2(CO)CC2)c1. The van der Waals surface area contributed by atoms with E-state index in [4.69, 9.17) is 5.73 Å². The number of rotatable bonds is 4. The van der Waals surface area contributed by atoms with Crippen molar-refractivity contribution in [2.75, 3.05) is 24.7 Å². The monoisotopic (exact) mass is 235 g/mol. The molecule has 0 heterocycles. The molecule has 17 heavy (non-hydrogen) atoms. The number of nitrogen functional groups attached to an aromatic ring is 1. The number of aliphatic hydroxyl groups excluding tert-OH is 1. The quantitative estimate of drug-likeness (QED) is 0.574. The highest BCUT2D eigenvalue weighted by molar-refractivity contribution is 5.96. The number of anilines is 2. The second-order valence-corrected chi connectivity index (χ2v) is 4.44. The van der Waals surface area contributed by atoms with Gasteiger partial charge < -0.3 is 21.5 Å². The second kappa shape index (κ2) is 4.25. The zero-order valence-electron chi connectivity index (χ0n) is 9.79. The van der Waals surface area contributed by atoms with Crippen molar-refractivity contribution in [2.45, 2.75) is 18.4 Å². The van der Waals surface area contributed by atoms with Crippen LogP contribution in [0.4, 0.5) is 11.4 Å². The summed E-state index contributed by atoms with van der Waals surface area (Å²) in [4.78, 5) is 11.5. The Kier molecular flexibility index (Phi) is 2.93. The van der Waals surface area contributed by atoms with Crippen LogP contribution in [0.25, 0.3) is 0 Å². The molecule has 5 nitrogen and oxygen atoms in total. The van der Waals surface area contributed by atoms with Gasteiger partial charge in [0.05, 0.1) is 23.5 Å². The Labute approximate surface area is 100 Å². The van der Waals surface area contributed by atoms with Gasteiger partial charge in [0.1, 0.15) is 0 Å². The molecule has 92 valence electrons. The van der Waals surface area contributed by atoms with E-state index in [-0.39, 0.29) is 18.1 Å². The smallest absolute Gasteiger partial charge is 0.251 e. The molecule has 1 aromatic rings. The third kappa shape index (κ3) is 2.34. The molecule has 0 aliphatic heterocycles. The molecule has 1 saturated carbocycles. The molecule has 0 spiro atoms. The van der Waals surface area contributed by atoms with Crippen LogP contribution in [0, 0.1) is 0 Å². The first-order chi connectivity index (χ1) is 8.10. The normalized spacial score (nSPS) is 16.4. The molecular formula is C12H17N3O2. The number of hydrogen-bond acceptors (Lipinski definition) is 4. The molecule has 1 aliphatic carbocycles. The zero-order valence-corrected chi connectivity index (χ0v) is 9.79. The van der Waals surface area contributed by atoms with Crippen molar-refractivity contribution >= 4 is 17.3 Å². The molecule has 5 heteroatoms. The van der Waals surface area contributed by atoms with Crippen molar-refractivity contribution in [3.63, 3.8) is 0 Å². The second-order valence-electron chi connectivity index (χ2n) is 4.44. The van der Waals surface area contributed by atoms with E-state index < -0.39 is 0 Å². The Morgan fingerprint density at radius 2 is 2.24 bits per heavy atom. The molecule has 5 N–H and O–H groups in total. The highest BCUT2D eigenvalue weighted by Crippen LogP contribution is 2.39. The lowest BCUT2D eigenvalue weighted by Crippen LogP contribution is -2.26. The fourth-order valence-corrected chi connectivity index (χ4v) is 1.71. The Bertz CT molecular complexity index is 441. The Balaban J connectivity index is 2.23. The van der Waals surface area contributed by atoms with E-state index in [1.54, 1.807) is 25.2 Å². The van der Waals surface area contributed by atoms with Crippen LogP contribution in [-0.2, 0) is 0 Å². The maximum atomic E-state index is 11.5. The van der Waals surface area contributed by atoms with Crippen LogP contribution >= 0.6 is 0 Å². The van der Waals surface area contributed by atoms with Gasteiger partial charge in [0.25, 0.3) is 5.91 Å². The predicted molar refractivity (Wildman–Crippen MR) is 66.9 cm³/mol. The van der Waals surface area contributed by atoms with Crippen molar-refractivity contribution in [2.24, 2.45) is 0 Å². The number of aliphatic hydroxyl groups is 1. The minimum absolute atomic E-state index is 0.0800. The van der Waals surface area contributed by atoms with E-state index in [9.17, 15) is 9.90 Å². The number of benzene rings is 1. The van der Waals surface area contributed by atoms with Crippen molar-refractivity contribution in [3.8, 4) is 0 Å². The molecule has 0 bridgehead atoms. The van der Waals surface area contributed by atoms with E-state index in [0.29, 0.717) is 16.9 Å². The van der Waals surface area contributed by atoms with Crippen LogP contribution in [0.15, 0.2) is 18.2 Å². The maximum absolute atomic E-state index is 11.5. The number of carbonyl (C=O) groups is 1. The molecule has 2 rings (SSSR count). The lowest BCUT2D eigenvalue weighted by Gasteiger charge is -2.18. The molecule has 0 atom stereocenters. The summed E-state index contributed by atoms with van der Waals surface area (Å²) >= 11 is 0. The Morgan fingerprint density at radius 3 is 2.76 bits per heavy atom. The Morgan fingerprint density at radius 1 is 1.53 bits per heavy atom. The molecule has 1 aromatic carbocycles. The van der Waals surface area contributed by atoms with Gasteiger partial charge in [-0.2, -0.15) is 0 Å². The summed E-state index contributed by atoms with van der Waals surface area (Å²) in [6, 6.07) is 5.09. The van der Waals surface area contributed by atoms with Gasteiger partial charge in [-0.1, -0.05) is 0 Å². The first-order valence-corrected chi connectivity index (χ1v) is 5.61. The lowest BCUT2D eigenvalue weighted by atomic mass is 10.1. The highest BCUT2D eigenvalue weighted by Gasteiger charge is 2.42. The molecule has 0 radical (unpaired) electrons. The summed E-state index contributed by atoms with van der Waals surface area (Å²) in [5, 5.41) is 15.0. The minimum atomic E-state index is -0.241. The fraction of sp³-hybridized carbons (Fsp3) is 0.417. The first-order valence-electron chi connectivity index (χ1n) is 5.61.